The number of halogens is 1. The van der Waals surface area contributed by atoms with Crippen molar-refractivity contribution in [3.8, 4) is 0 Å². The first-order chi connectivity index (χ1) is 18.0. The van der Waals surface area contributed by atoms with Gasteiger partial charge < -0.3 is 33.7 Å². The Kier molecular flexibility index (Phi) is 12.4. The molecule has 1 heterocycles. The third-order valence-corrected chi connectivity index (χ3v) is 5.56. The summed E-state index contributed by atoms with van der Waals surface area (Å²) < 4.78 is 32.6. The molecule has 1 aliphatic heterocycles. The van der Waals surface area contributed by atoms with Crippen molar-refractivity contribution in [2.24, 2.45) is 0 Å². The van der Waals surface area contributed by atoms with Crippen LogP contribution < -0.4 is 5.32 Å². The Morgan fingerprint density at radius 3 is 2.24 bits per heavy atom. The van der Waals surface area contributed by atoms with Crippen LogP contribution >= 0.6 is 11.6 Å². The summed E-state index contributed by atoms with van der Waals surface area (Å²) in [4.78, 5) is 59.8. The maximum Gasteiger partial charge on any atom is 0.321 e. The maximum absolute atomic E-state index is 13.2. The first-order valence-corrected chi connectivity index (χ1v) is 12.4. The molecule has 0 aromatic heterocycles. The van der Waals surface area contributed by atoms with Gasteiger partial charge in [0.2, 0.25) is 6.29 Å². The zero-order valence-electron chi connectivity index (χ0n) is 21.5. The minimum Gasteiger partial charge on any atom is -0.466 e. The number of amides is 1. The van der Waals surface area contributed by atoms with Crippen LogP contribution in [-0.4, -0.2) is 79.0 Å². The Morgan fingerprint density at radius 1 is 0.974 bits per heavy atom. The van der Waals surface area contributed by atoms with Crippen LogP contribution in [0.3, 0.4) is 0 Å². The molecule has 6 atom stereocenters. The van der Waals surface area contributed by atoms with E-state index in [0.29, 0.717) is 0 Å². The second-order valence-electron chi connectivity index (χ2n) is 8.43. The predicted molar refractivity (Wildman–Crippen MR) is 130 cm³/mol. The minimum absolute atomic E-state index is 0.0478. The maximum atomic E-state index is 13.2. The Labute approximate surface area is 225 Å². The molecule has 0 bridgehead atoms. The topological polar surface area (TPSA) is 153 Å². The fourth-order valence-corrected chi connectivity index (χ4v) is 3.80. The number of carbonyl (C=O) groups is 5. The summed E-state index contributed by atoms with van der Waals surface area (Å²) >= 11 is 5.64. The van der Waals surface area contributed by atoms with Gasteiger partial charge in [0.25, 0.3) is 5.91 Å². The number of alkyl halides is 1. The van der Waals surface area contributed by atoms with E-state index in [2.05, 4.69) is 5.32 Å². The van der Waals surface area contributed by atoms with Crippen molar-refractivity contribution in [3.05, 3.63) is 35.9 Å². The van der Waals surface area contributed by atoms with E-state index in [4.69, 9.17) is 40.0 Å². The molecule has 12 nitrogen and oxygen atoms in total. The monoisotopic (exact) mass is 557 g/mol. The number of hydrogen-bond donors (Lipinski definition) is 1. The molecule has 210 valence electrons. The smallest absolute Gasteiger partial charge is 0.321 e. The van der Waals surface area contributed by atoms with Crippen molar-refractivity contribution in [3.63, 3.8) is 0 Å². The fraction of sp³-hybridized carbons (Fsp3) is 0.560. The van der Waals surface area contributed by atoms with E-state index >= 15 is 0 Å². The second-order valence-corrected chi connectivity index (χ2v) is 8.70. The minimum atomic E-state index is -1.35. The van der Waals surface area contributed by atoms with Gasteiger partial charge in [0.05, 0.1) is 25.4 Å². The summed E-state index contributed by atoms with van der Waals surface area (Å²) in [5.41, 5.74) is 0.780. The molecular weight excluding hydrogens is 526 g/mol. The number of rotatable bonds is 12. The Morgan fingerprint density at radius 2 is 1.66 bits per heavy atom. The molecule has 0 radical (unpaired) electrons. The van der Waals surface area contributed by atoms with Gasteiger partial charge in [-0.15, -0.1) is 11.6 Å². The predicted octanol–water partition coefficient (Wildman–Crippen LogP) is 1.40. The molecule has 13 heteroatoms. The molecule has 1 N–H and O–H groups in total. The standard InChI is InChI=1S/C25H32ClNO11/c1-14-21(27-24(32)19(36-16(3)29)10-11-33-15(2)28)22(34-13-18-8-6-5-7-9-18)23(38-20(31)12-26)25(35-14)37-17(4)30/h5-9,14,19,21-23,25H,10-13H2,1-4H3,(H,27,32)/t14-,19-,21-,22+,23+,25+/m1/s1. The van der Waals surface area contributed by atoms with Gasteiger partial charge in [-0.2, -0.15) is 0 Å². The van der Waals surface area contributed by atoms with E-state index in [1.807, 2.05) is 30.3 Å². The van der Waals surface area contributed by atoms with Crippen molar-refractivity contribution in [2.45, 2.75) is 77.5 Å². The van der Waals surface area contributed by atoms with Crippen molar-refractivity contribution in [1.82, 2.24) is 5.32 Å². The molecule has 0 aliphatic carbocycles. The van der Waals surface area contributed by atoms with Gasteiger partial charge in [-0.25, -0.2) is 0 Å². The van der Waals surface area contributed by atoms with Crippen molar-refractivity contribution >= 4 is 41.4 Å². The zero-order chi connectivity index (χ0) is 28.2. The molecule has 1 aromatic carbocycles. The molecule has 1 aromatic rings. The van der Waals surface area contributed by atoms with Gasteiger partial charge in [-0.1, -0.05) is 30.3 Å². The highest BCUT2D eigenvalue weighted by molar-refractivity contribution is 6.26. The zero-order valence-corrected chi connectivity index (χ0v) is 22.3. The summed E-state index contributed by atoms with van der Waals surface area (Å²) in [5.74, 6) is -4.03. The average molecular weight is 558 g/mol. The molecule has 0 spiro atoms. The highest BCUT2D eigenvalue weighted by Crippen LogP contribution is 2.28. The summed E-state index contributed by atoms with van der Waals surface area (Å²) in [5, 5.41) is 2.72. The van der Waals surface area contributed by atoms with Crippen LogP contribution in [-0.2, 0) is 59.0 Å². The van der Waals surface area contributed by atoms with Gasteiger partial charge >= 0.3 is 23.9 Å². The number of nitrogens with one attached hydrogen (secondary N) is 1. The lowest BCUT2D eigenvalue weighted by Crippen LogP contribution is -2.66. The summed E-state index contributed by atoms with van der Waals surface area (Å²) in [6, 6.07) is 8.11. The number of esters is 4. The molecule has 1 saturated heterocycles. The number of hydrogen-bond acceptors (Lipinski definition) is 11. The van der Waals surface area contributed by atoms with Crippen LogP contribution in [0.2, 0.25) is 0 Å². The molecule has 0 saturated carbocycles. The lowest BCUT2D eigenvalue weighted by Gasteiger charge is -2.44. The highest BCUT2D eigenvalue weighted by atomic mass is 35.5. The Hall–Kier alpha value is -3.22. The van der Waals surface area contributed by atoms with Crippen molar-refractivity contribution in [2.75, 3.05) is 12.5 Å². The molecular formula is C25H32ClNO11. The van der Waals surface area contributed by atoms with E-state index in [1.165, 1.54) is 6.92 Å². The summed E-state index contributed by atoms with van der Waals surface area (Å²) in [6.45, 7) is 4.98. The van der Waals surface area contributed by atoms with E-state index in [9.17, 15) is 24.0 Å². The third-order valence-electron chi connectivity index (χ3n) is 5.34. The molecule has 38 heavy (non-hydrogen) atoms. The van der Waals surface area contributed by atoms with E-state index < -0.39 is 72.4 Å². The van der Waals surface area contributed by atoms with Gasteiger partial charge in [0.15, 0.2) is 12.2 Å². The van der Waals surface area contributed by atoms with Crippen LogP contribution in [0.1, 0.15) is 39.7 Å². The van der Waals surface area contributed by atoms with Crippen LogP contribution in [0.25, 0.3) is 0 Å². The quantitative estimate of drug-likeness (QED) is 0.225. The normalized spacial score (nSPS) is 23.4. The molecule has 1 aliphatic rings. The van der Waals surface area contributed by atoms with E-state index in [0.717, 1.165) is 19.4 Å². The van der Waals surface area contributed by atoms with Gasteiger partial charge in [0.1, 0.15) is 12.0 Å². The van der Waals surface area contributed by atoms with Crippen LogP contribution in [0.5, 0.6) is 0 Å². The number of carbonyl (C=O) groups excluding carboxylic acids is 5. The lowest BCUT2D eigenvalue weighted by atomic mass is 9.95. The van der Waals surface area contributed by atoms with Crippen LogP contribution in [0.15, 0.2) is 30.3 Å². The first kappa shape index (κ1) is 31.0. The van der Waals surface area contributed by atoms with Crippen molar-refractivity contribution < 1.29 is 52.4 Å². The third kappa shape index (κ3) is 9.92. The average Bonchev–Trinajstić information content (AvgIpc) is 2.85. The second kappa shape index (κ2) is 15.3. The van der Waals surface area contributed by atoms with Crippen LogP contribution in [0, 0.1) is 0 Å². The number of benzene rings is 1. The number of ether oxygens (including phenoxy) is 6. The van der Waals surface area contributed by atoms with Gasteiger partial charge in [0, 0.05) is 27.2 Å². The molecule has 1 fully saturated rings. The largest absolute Gasteiger partial charge is 0.466 e. The Balaban J connectivity index is 2.35. The SMILES string of the molecule is CC(=O)OCC[C@@H](OC(C)=O)C(=O)N[C@H]1[C@H](OCc2ccccc2)[C@H](OC(=O)CCl)[C@H](OC(C)=O)O[C@@H]1C. The van der Waals surface area contributed by atoms with E-state index in [1.54, 1.807) is 6.92 Å². The lowest BCUT2D eigenvalue weighted by molar-refractivity contribution is -0.276. The molecule has 0 unspecified atom stereocenters. The van der Waals surface area contributed by atoms with Crippen LogP contribution in [0.4, 0.5) is 0 Å². The first-order valence-electron chi connectivity index (χ1n) is 11.9. The van der Waals surface area contributed by atoms with Gasteiger partial charge in [-0.05, 0) is 12.5 Å². The highest BCUT2D eigenvalue weighted by Gasteiger charge is 2.50. The Bertz CT molecular complexity index is 973. The van der Waals surface area contributed by atoms with Crippen molar-refractivity contribution in [1.29, 1.82) is 0 Å². The fourth-order valence-electron chi connectivity index (χ4n) is 3.74. The summed E-state index contributed by atoms with van der Waals surface area (Å²) in [6.07, 6.45) is -5.96. The molecule has 2 rings (SSSR count). The molecule has 1 amide bonds. The van der Waals surface area contributed by atoms with Gasteiger partial charge in [-0.3, -0.25) is 24.0 Å². The summed E-state index contributed by atoms with van der Waals surface area (Å²) in [7, 11) is 0. The van der Waals surface area contributed by atoms with E-state index in [-0.39, 0.29) is 19.6 Å².